The molecule has 1 aromatic carbocycles. The zero-order valence-electron chi connectivity index (χ0n) is 16.7. The molecule has 1 heterocycles. The number of carbonyl (C=O) groups excluding carboxylic acids is 2. The van der Waals surface area contributed by atoms with Crippen LogP contribution in [-0.4, -0.2) is 61.1 Å². The molecule has 1 aromatic rings. The molecule has 3 aliphatic carbocycles. The van der Waals surface area contributed by atoms with Crippen molar-refractivity contribution in [1.29, 1.82) is 0 Å². The minimum absolute atomic E-state index is 0.0254. The maximum absolute atomic E-state index is 13.4. The summed E-state index contributed by atoms with van der Waals surface area (Å²) in [5, 5.41) is 11.5. The van der Waals surface area contributed by atoms with Crippen LogP contribution in [0.2, 0.25) is 5.02 Å². The average Bonchev–Trinajstić information content (AvgIpc) is 3.23. The van der Waals surface area contributed by atoms with Crippen LogP contribution in [0, 0.1) is 5.82 Å². The van der Waals surface area contributed by atoms with Crippen molar-refractivity contribution in [1.82, 2.24) is 21.3 Å². The fraction of sp³-hybridized carbons (Fsp3) is 0.600. The lowest BCUT2D eigenvalue weighted by atomic mass is 9.71. The van der Waals surface area contributed by atoms with E-state index in [1.54, 1.807) is 0 Å². The number of benzene rings is 1. The van der Waals surface area contributed by atoms with Crippen LogP contribution >= 0.6 is 11.6 Å². The quantitative estimate of drug-likeness (QED) is 0.493. The monoisotopic (exact) mass is 460 g/mol. The third-order valence-electron chi connectivity index (χ3n) is 6.28. The van der Waals surface area contributed by atoms with Crippen LogP contribution in [0.5, 0.6) is 5.75 Å². The molecule has 4 fully saturated rings. The highest BCUT2D eigenvalue weighted by molar-refractivity contribution is 6.30. The van der Waals surface area contributed by atoms with Gasteiger partial charge in [-0.25, -0.2) is 13.2 Å². The van der Waals surface area contributed by atoms with Gasteiger partial charge in [0.15, 0.2) is 6.61 Å². The van der Waals surface area contributed by atoms with Crippen LogP contribution in [0.15, 0.2) is 18.2 Å². The van der Waals surface area contributed by atoms with E-state index in [0.29, 0.717) is 12.8 Å². The Bertz CT molecular complexity index is 858. The highest BCUT2D eigenvalue weighted by atomic mass is 35.5. The predicted molar refractivity (Wildman–Crippen MR) is 107 cm³/mol. The minimum atomic E-state index is -2.48. The molecule has 11 heteroatoms. The summed E-state index contributed by atoms with van der Waals surface area (Å²) in [4.78, 5) is 24.8. The maximum atomic E-state index is 13.4. The zero-order chi connectivity index (χ0) is 22.2. The van der Waals surface area contributed by atoms with Crippen molar-refractivity contribution in [2.45, 2.75) is 55.3 Å². The van der Waals surface area contributed by atoms with Gasteiger partial charge in [0.1, 0.15) is 11.6 Å². The summed E-state index contributed by atoms with van der Waals surface area (Å²) < 4.78 is 44.2. The number of piperazine rings is 1. The van der Waals surface area contributed by atoms with Crippen molar-refractivity contribution >= 4 is 23.4 Å². The van der Waals surface area contributed by atoms with E-state index in [2.05, 4.69) is 21.3 Å². The van der Waals surface area contributed by atoms with Gasteiger partial charge in [0.25, 0.3) is 12.3 Å². The van der Waals surface area contributed by atoms with Crippen LogP contribution in [0.4, 0.5) is 13.2 Å². The van der Waals surface area contributed by atoms with Gasteiger partial charge in [0, 0.05) is 30.2 Å². The molecule has 0 radical (unpaired) electrons. The molecule has 4 aliphatic rings. The normalized spacial score (nSPS) is 31.8. The Morgan fingerprint density at radius 1 is 1.16 bits per heavy atom. The molecule has 7 nitrogen and oxygen atoms in total. The molecule has 0 spiro atoms. The Morgan fingerprint density at radius 3 is 2.48 bits per heavy atom. The molecule has 4 N–H and O–H groups in total. The van der Waals surface area contributed by atoms with Crippen LogP contribution in [0.1, 0.15) is 25.7 Å². The van der Waals surface area contributed by atoms with Gasteiger partial charge in [0.2, 0.25) is 5.91 Å². The summed E-state index contributed by atoms with van der Waals surface area (Å²) in [5.41, 5.74) is -0.774. The standard InChI is InChI=1S/C20H24ClF3N4O3/c21-12-2-1-11(5-13(12)22)31-8-16(29)27-19-3-4-20(9-19,10-19)28-18(30)15-7-25-14(6-26-15)17(23)24/h1-2,5,14-15,17,25-26H,3-4,6-10H2,(H,27,29)(H,28,30). The number of nitrogens with one attached hydrogen (secondary N) is 4. The van der Waals surface area contributed by atoms with Crippen LogP contribution < -0.4 is 26.0 Å². The number of fused-ring (bicyclic) bond motifs is 1. The van der Waals surface area contributed by atoms with Crippen LogP contribution in [0.3, 0.4) is 0 Å². The van der Waals surface area contributed by atoms with Crippen molar-refractivity contribution in [3.05, 3.63) is 29.0 Å². The van der Waals surface area contributed by atoms with E-state index in [0.717, 1.165) is 18.9 Å². The smallest absolute Gasteiger partial charge is 0.258 e. The van der Waals surface area contributed by atoms with Crippen LogP contribution in [0.25, 0.3) is 0 Å². The van der Waals surface area contributed by atoms with E-state index in [9.17, 15) is 22.8 Å². The number of rotatable bonds is 7. The topological polar surface area (TPSA) is 91.5 Å². The Labute approximate surface area is 182 Å². The summed E-state index contributed by atoms with van der Waals surface area (Å²) in [7, 11) is 0. The molecule has 2 bridgehead atoms. The molecule has 2 atom stereocenters. The molecular weight excluding hydrogens is 437 g/mol. The second kappa shape index (κ2) is 8.48. The zero-order valence-corrected chi connectivity index (χ0v) is 17.4. The predicted octanol–water partition coefficient (Wildman–Crippen LogP) is 1.35. The highest BCUT2D eigenvalue weighted by Crippen LogP contribution is 2.55. The molecule has 1 saturated heterocycles. The van der Waals surface area contributed by atoms with E-state index < -0.39 is 29.9 Å². The number of amides is 2. The van der Waals surface area contributed by atoms with Crippen molar-refractivity contribution in [2.75, 3.05) is 19.7 Å². The summed E-state index contributed by atoms with van der Waals surface area (Å²) in [6.45, 7) is -0.0904. The Morgan fingerprint density at radius 2 is 1.87 bits per heavy atom. The molecular formula is C20H24ClF3N4O3. The lowest BCUT2D eigenvalue weighted by molar-refractivity contribution is -0.128. The lowest BCUT2D eigenvalue weighted by Crippen LogP contribution is -2.68. The molecule has 2 amide bonds. The third kappa shape index (κ3) is 4.75. The minimum Gasteiger partial charge on any atom is -0.484 e. The number of hydrogen-bond donors (Lipinski definition) is 4. The largest absolute Gasteiger partial charge is 0.484 e. The summed E-state index contributed by atoms with van der Waals surface area (Å²) in [6.07, 6.45) is 0.170. The number of alkyl halides is 2. The molecule has 3 saturated carbocycles. The maximum Gasteiger partial charge on any atom is 0.258 e. The highest BCUT2D eigenvalue weighted by Gasteiger charge is 2.62. The summed E-state index contributed by atoms with van der Waals surface area (Å²) in [5.74, 6) is -0.969. The number of ether oxygens (including phenoxy) is 1. The molecule has 0 aromatic heterocycles. The van der Waals surface area contributed by atoms with E-state index in [-0.39, 0.29) is 47.8 Å². The number of carbonyl (C=O) groups is 2. The third-order valence-corrected chi connectivity index (χ3v) is 6.59. The lowest BCUT2D eigenvalue weighted by Gasteiger charge is -2.48. The van der Waals surface area contributed by atoms with Gasteiger partial charge in [-0.2, -0.15) is 0 Å². The fourth-order valence-corrected chi connectivity index (χ4v) is 4.94. The second-order valence-corrected chi connectivity index (χ2v) is 9.03. The molecule has 2 unspecified atom stereocenters. The van der Waals surface area contributed by atoms with Gasteiger partial charge in [-0.3, -0.25) is 9.59 Å². The van der Waals surface area contributed by atoms with E-state index >= 15 is 0 Å². The van der Waals surface area contributed by atoms with Crippen LogP contribution in [-0.2, 0) is 9.59 Å². The van der Waals surface area contributed by atoms with E-state index in [4.69, 9.17) is 16.3 Å². The van der Waals surface area contributed by atoms with E-state index in [1.165, 1.54) is 12.1 Å². The second-order valence-electron chi connectivity index (χ2n) is 8.63. The Hall–Kier alpha value is -2.04. The molecule has 1 aliphatic heterocycles. The van der Waals surface area contributed by atoms with Crippen molar-refractivity contribution < 1.29 is 27.5 Å². The summed E-state index contributed by atoms with van der Waals surface area (Å²) >= 11 is 5.62. The number of hydrogen-bond acceptors (Lipinski definition) is 5. The van der Waals surface area contributed by atoms with Gasteiger partial charge in [-0.1, -0.05) is 11.6 Å². The first-order chi connectivity index (χ1) is 14.7. The number of halogens is 4. The average molecular weight is 461 g/mol. The Balaban J connectivity index is 1.22. The van der Waals surface area contributed by atoms with E-state index in [1.807, 2.05) is 0 Å². The van der Waals surface area contributed by atoms with Gasteiger partial charge in [0.05, 0.1) is 17.1 Å². The van der Waals surface area contributed by atoms with Crippen molar-refractivity contribution in [2.24, 2.45) is 0 Å². The Kier molecular flexibility index (Phi) is 6.06. The molecule has 170 valence electrons. The van der Waals surface area contributed by atoms with Crippen molar-refractivity contribution in [3.63, 3.8) is 0 Å². The van der Waals surface area contributed by atoms with Crippen molar-refractivity contribution in [3.8, 4) is 5.75 Å². The SMILES string of the molecule is O=C(COc1ccc(Cl)c(F)c1)NC12CCC(NC(=O)C3CNC(C(F)F)CN3)(C1)C2. The van der Waals surface area contributed by atoms with Gasteiger partial charge in [-0.15, -0.1) is 0 Å². The first kappa shape index (κ1) is 22.2. The molecule has 31 heavy (non-hydrogen) atoms. The van der Waals surface area contributed by atoms with Gasteiger partial charge < -0.3 is 26.0 Å². The fourth-order valence-electron chi connectivity index (χ4n) is 4.82. The summed E-state index contributed by atoms with van der Waals surface area (Å²) in [6, 6.07) is 2.43. The van der Waals surface area contributed by atoms with Gasteiger partial charge in [-0.05, 0) is 37.8 Å². The molecule has 5 rings (SSSR count). The van der Waals surface area contributed by atoms with Gasteiger partial charge >= 0.3 is 0 Å². The first-order valence-corrected chi connectivity index (χ1v) is 10.5. The first-order valence-electron chi connectivity index (χ1n) is 10.2.